The standard InChI is InChI=1S/C14H19NO/c1-16-14-4-2-3-10-5-6-12(9-13(10)14)15-11-7-8-11/h2-4,11-12,15H,5-9H2,1H3. The summed E-state index contributed by atoms with van der Waals surface area (Å²) in [5.74, 6) is 1.07. The van der Waals surface area contributed by atoms with Gasteiger partial charge < -0.3 is 10.1 Å². The van der Waals surface area contributed by atoms with E-state index < -0.39 is 0 Å². The van der Waals surface area contributed by atoms with Gasteiger partial charge in [0, 0.05) is 12.1 Å². The summed E-state index contributed by atoms with van der Waals surface area (Å²) in [6.07, 6.45) is 6.34. The number of ether oxygens (including phenoxy) is 1. The number of rotatable bonds is 3. The van der Waals surface area contributed by atoms with Crippen molar-refractivity contribution in [3.63, 3.8) is 0 Å². The molecule has 1 N–H and O–H groups in total. The summed E-state index contributed by atoms with van der Waals surface area (Å²) in [6.45, 7) is 0. The molecule has 1 fully saturated rings. The fourth-order valence-corrected chi connectivity index (χ4v) is 2.67. The summed E-state index contributed by atoms with van der Waals surface area (Å²) < 4.78 is 5.45. The molecule has 2 aliphatic carbocycles. The van der Waals surface area contributed by atoms with E-state index in [9.17, 15) is 0 Å². The summed E-state index contributed by atoms with van der Waals surface area (Å²) >= 11 is 0. The summed E-state index contributed by atoms with van der Waals surface area (Å²) in [5.41, 5.74) is 2.91. The second kappa shape index (κ2) is 4.10. The molecule has 1 aromatic rings. The average molecular weight is 217 g/mol. The minimum absolute atomic E-state index is 0.663. The molecule has 0 saturated heterocycles. The van der Waals surface area contributed by atoms with E-state index in [-0.39, 0.29) is 0 Å². The van der Waals surface area contributed by atoms with Crippen molar-refractivity contribution >= 4 is 0 Å². The topological polar surface area (TPSA) is 21.3 Å². The van der Waals surface area contributed by atoms with Gasteiger partial charge in [-0.2, -0.15) is 0 Å². The number of hydrogen-bond acceptors (Lipinski definition) is 2. The second-order valence-corrected chi connectivity index (χ2v) is 4.98. The molecule has 2 heteroatoms. The van der Waals surface area contributed by atoms with Gasteiger partial charge in [-0.05, 0) is 49.3 Å². The lowest BCUT2D eigenvalue weighted by atomic mass is 9.87. The maximum absolute atomic E-state index is 5.45. The highest BCUT2D eigenvalue weighted by atomic mass is 16.5. The Morgan fingerprint density at radius 2 is 2.06 bits per heavy atom. The van der Waals surface area contributed by atoms with Gasteiger partial charge in [-0.15, -0.1) is 0 Å². The predicted octanol–water partition coefficient (Wildman–Crippen LogP) is 2.30. The summed E-state index contributed by atoms with van der Waals surface area (Å²) in [5, 5.41) is 3.73. The average Bonchev–Trinajstić information content (AvgIpc) is 3.12. The number of nitrogens with one attached hydrogen (secondary N) is 1. The summed E-state index contributed by atoms with van der Waals surface area (Å²) in [6, 6.07) is 7.90. The highest BCUT2D eigenvalue weighted by molar-refractivity contribution is 5.42. The smallest absolute Gasteiger partial charge is 0.122 e. The molecule has 0 bridgehead atoms. The van der Waals surface area contributed by atoms with Crippen LogP contribution in [0.3, 0.4) is 0 Å². The minimum atomic E-state index is 0.663. The van der Waals surface area contributed by atoms with E-state index in [1.165, 1.54) is 36.8 Å². The Hall–Kier alpha value is -1.02. The Balaban J connectivity index is 1.79. The van der Waals surface area contributed by atoms with Gasteiger partial charge in [-0.1, -0.05) is 12.1 Å². The zero-order valence-electron chi connectivity index (χ0n) is 9.83. The second-order valence-electron chi connectivity index (χ2n) is 4.98. The summed E-state index contributed by atoms with van der Waals surface area (Å²) in [4.78, 5) is 0. The van der Waals surface area contributed by atoms with Crippen LogP contribution in [0.2, 0.25) is 0 Å². The molecule has 0 spiro atoms. The normalized spacial score (nSPS) is 23.9. The highest BCUT2D eigenvalue weighted by Gasteiger charge is 2.27. The SMILES string of the molecule is COc1cccc2c1CC(NC1CC1)CC2. The monoisotopic (exact) mass is 217 g/mol. The molecule has 0 aromatic heterocycles. The van der Waals surface area contributed by atoms with E-state index in [1.807, 2.05) is 0 Å². The Labute approximate surface area is 97.0 Å². The molecule has 86 valence electrons. The van der Waals surface area contributed by atoms with Gasteiger partial charge in [-0.3, -0.25) is 0 Å². The molecule has 2 nitrogen and oxygen atoms in total. The first-order chi connectivity index (χ1) is 7.86. The van der Waals surface area contributed by atoms with Crippen molar-refractivity contribution in [3.8, 4) is 5.75 Å². The third-order valence-electron chi connectivity index (χ3n) is 3.71. The molecular formula is C14H19NO. The molecule has 0 radical (unpaired) electrons. The van der Waals surface area contributed by atoms with Crippen LogP contribution in [0.15, 0.2) is 18.2 Å². The first-order valence-corrected chi connectivity index (χ1v) is 6.27. The van der Waals surface area contributed by atoms with Crippen molar-refractivity contribution in [2.45, 2.75) is 44.2 Å². The molecule has 0 amide bonds. The Morgan fingerprint density at radius 1 is 1.19 bits per heavy atom. The van der Waals surface area contributed by atoms with E-state index >= 15 is 0 Å². The van der Waals surface area contributed by atoms with Crippen LogP contribution < -0.4 is 10.1 Å². The van der Waals surface area contributed by atoms with E-state index in [0.29, 0.717) is 6.04 Å². The van der Waals surface area contributed by atoms with Gasteiger partial charge in [0.15, 0.2) is 0 Å². The van der Waals surface area contributed by atoms with Gasteiger partial charge in [-0.25, -0.2) is 0 Å². The third-order valence-corrected chi connectivity index (χ3v) is 3.71. The van der Waals surface area contributed by atoms with Crippen molar-refractivity contribution in [1.29, 1.82) is 0 Å². The number of aryl methyl sites for hydroxylation is 1. The van der Waals surface area contributed by atoms with E-state index in [2.05, 4.69) is 23.5 Å². The number of fused-ring (bicyclic) bond motifs is 1. The lowest BCUT2D eigenvalue weighted by Crippen LogP contribution is -2.36. The van der Waals surface area contributed by atoms with Crippen LogP contribution in [0.4, 0.5) is 0 Å². The summed E-state index contributed by atoms with van der Waals surface area (Å²) in [7, 11) is 1.77. The van der Waals surface area contributed by atoms with Gasteiger partial charge in [0.25, 0.3) is 0 Å². The van der Waals surface area contributed by atoms with Crippen molar-refractivity contribution in [2.75, 3.05) is 7.11 Å². The van der Waals surface area contributed by atoms with Gasteiger partial charge in [0.05, 0.1) is 7.11 Å². The van der Waals surface area contributed by atoms with Crippen LogP contribution in [-0.4, -0.2) is 19.2 Å². The number of benzene rings is 1. The first kappa shape index (κ1) is 10.2. The molecule has 3 rings (SSSR count). The molecule has 0 aliphatic heterocycles. The van der Waals surface area contributed by atoms with E-state index in [1.54, 1.807) is 7.11 Å². The fraction of sp³-hybridized carbons (Fsp3) is 0.571. The largest absolute Gasteiger partial charge is 0.496 e. The lowest BCUT2D eigenvalue weighted by molar-refractivity contribution is 0.393. The molecular weight excluding hydrogens is 198 g/mol. The quantitative estimate of drug-likeness (QED) is 0.839. The van der Waals surface area contributed by atoms with Crippen molar-refractivity contribution in [1.82, 2.24) is 5.32 Å². The predicted molar refractivity (Wildman–Crippen MR) is 65.0 cm³/mol. The van der Waals surface area contributed by atoms with Gasteiger partial charge in [0.1, 0.15) is 5.75 Å². The highest BCUT2D eigenvalue weighted by Crippen LogP contribution is 2.31. The van der Waals surface area contributed by atoms with Crippen LogP contribution in [-0.2, 0) is 12.8 Å². The zero-order chi connectivity index (χ0) is 11.0. The zero-order valence-corrected chi connectivity index (χ0v) is 9.83. The Morgan fingerprint density at radius 3 is 2.81 bits per heavy atom. The van der Waals surface area contributed by atoms with Crippen LogP contribution in [0, 0.1) is 0 Å². The van der Waals surface area contributed by atoms with Crippen molar-refractivity contribution < 1.29 is 4.74 Å². The van der Waals surface area contributed by atoms with Crippen LogP contribution in [0.1, 0.15) is 30.4 Å². The Bertz CT molecular complexity index is 370. The third kappa shape index (κ3) is 1.94. The van der Waals surface area contributed by atoms with Crippen LogP contribution >= 0.6 is 0 Å². The molecule has 1 unspecified atom stereocenters. The fourth-order valence-electron chi connectivity index (χ4n) is 2.67. The maximum atomic E-state index is 5.45. The lowest BCUT2D eigenvalue weighted by Gasteiger charge is -2.27. The number of methoxy groups -OCH3 is 1. The molecule has 1 aromatic carbocycles. The van der Waals surface area contributed by atoms with Crippen molar-refractivity contribution in [3.05, 3.63) is 29.3 Å². The van der Waals surface area contributed by atoms with Gasteiger partial charge in [0.2, 0.25) is 0 Å². The van der Waals surface area contributed by atoms with Gasteiger partial charge >= 0.3 is 0 Å². The minimum Gasteiger partial charge on any atom is -0.496 e. The van der Waals surface area contributed by atoms with E-state index in [4.69, 9.17) is 4.74 Å². The Kier molecular flexibility index (Phi) is 2.60. The molecule has 1 atom stereocenters. The molecule has 0 heterocycles. The van der Waals surface area contributed by atoms with Crippen molar-refractivity contribution in [2.24, 2.45) is 0 Å². The van der Waals surface area contributed by atoms with Crippen LogP contribution in [0.25, 0.3) is 0 Å². The van der Waals surface area contributed by atoms with E-state index in [0.717, 1.165) is 18.2 Å². The van der Waals surface area contributed by atoms with Crippen LogP contribution in [0.5, 0.6) is 5.75 Å². The molecule has 2 aliphatic rings. The molecule has 1 saturated carbocycles. The first-order valence-electron chi connectivity index (χ1n) is 6.27. The molecule has 16 heavy (non-hydrogen) atoms. The maximum Gasteiger partial charge on any atom is 0.122 e. The number of hydrogen-bond donors (Lipinski definition) is 1.